The van der Waals surface area contributed by atoms with Gasteiger partial charge in [0.05, 0.1) is 24.2 Å². The van der Waals surface area contributed by atoms with Crippen LogP contribution >= 0.6 is 11.6 Å². The van der Waals surface area contributed by atoms with Gasteiger partial charge in [-0.15, -0.1) is 0 Å². The highest BCUT2D eigenvalue weighted by atomic mass is 35.5. The monoisotopic (exact) mass is 350 g/mol. The Bertz CT molecular complexity index is 1160. The first-order valence-corrected chi connectivity index (χ1v) is 8.27. The summed E-state index contributed by atoms with van der Waals surface area (Å²) in [6.07, 6.45) is 3.55. The number of furan rings is 1. The summed E-state index contributed by atoms with van der Waals surface area (Å²) in [7, 11) is 0. The van der Waals surface area contributed by atoms with Gasteiger partial charge in [-0.05, 0) is 42.5 Å². The van der Waals surface area contributed by atoms with Crippen LogP contribution in [0.25, 0.3) is 16.5 Å². The lowest BCUT2D eigenvalue weighted by Crippen LogP contribution is -2.07. The van der Waals surface area contributed by atoms with E-state index in [-0.39, 0.29) is 5.82 Å². The second kappa shape index (κ2) is 5.33. The van der Waals surface area contributed by atoms with Crippen LogP contribution in [0.15, 0.2) is 70.4 Å². The maximum absolute atomic E-state index is 13.5. The molecule has 0 saturated heterocycles. The van der Waals surface area contributed by atoms with E-state index >= 15 is 0 Å². The molecule has 0 aliphatic carbocycles. The second-order valence-corrected chi connectivity index (χ2v) is 6.37. The maximum atomic E-state index is 13.5. The third-order valence-electron chi connectivity index (χ3n) is 4.52. The van der Waals surface area contributed by atoms with Crippen molar-refractivity contribution in [2.45, 2.75) is 6.54 Å². The Morgan fingerprint density at radius 3 is 2.96 bits per heavy atom. The van der Waals surface area contributed by atoms with E-state index in [1.54, 1.807) is 12.3 Å². The van der Waals surface area contributed by atoms with Crippen molar-refractivity contribution in [2.75, 3.05) is 0 Å². The lowest BCUT2D eigenvalue weighted by Gasteiger charge is -2.11. The molecule has 1 aliphatic rings. The summed E-state index contributed by atoms with van der Waals surface area (Å²) in [6, 6.07) is 14.4. The third kappa shape index (κ3) is 2.14. The van der Waals surface area contributed by atoms with Crippen molar-refractivity contribution in [1.29, 1.82) is 0 Å². The predicted molar refractivity (Wildman–Crippen MR) is 96.3 cm³/mol. The van der Waals surface area contributed by atoms with E-state index in [1.807, 2.05) is 36.5 Å². The lowest BCUT2D eigenvalue weighted by atomic mass is 10.1. The average molecular weight is 351 g/mol. The molecule has 2 aromatic heterocycles. The molecule has 0 bridgehead atoms. The van der Waals surface area contributed by atoms with Crippen molar-refractivity contribution in [1.82, 2.24) is 4.57 Å². The van der Waals surface area contributed by atoms with Crippen molar-refractivity contribution in [2.24, 2.45) is 4.99 Å². The van der Waals surface area contributed by atoms with Crippen LogP contribution in [-0.2, 0) is 6.54 Å². The van der Waals surface area contributed by atoms with Crippen molar-refractivity contribution >= 4 is 28.1 Å². The Hall–Kier alpha value is -2.85. The molecule has 0 spiro atoms. The maximum Gasteiger partial charge on any atom is 0.161 e. The van der Waals surface area contributed by atoms with Crippen LogP contribution in [0, 0.1) is 5.82 Å². The highest BCUT2D eigenvalue weighted by Crippen LogP contribution is 2.32. The quantitative estimate of drug-likeness (QED) is 0.454. The summed E-state index contributed by atoms with van der Waals surface area (Å²) in [6.45, 7) is 0.454. The first-order chi connectivity index (χ1) is 12.2. The van der Waals surface area contributed by atoms with Gasteiger partial charge in [-0.25, -0.2) is 4.39 Å². The molecule has 0 N–H and O–H groups in total. The van der Waals surface area contributed by atoms with E-state index in [0.717, 1.165) is 33.4 Å². The van der Waals surface area contributed by atoms with E-state index in [0.29, 0.717) is 17.3 Å². The van der Waals surface area contributed by atoms with Crippen LogP contribution in [-0.4, -0.2) is 10.3 Å². The molecule has 25 heavy (non-hydrogen) atoms. The van der Waals surface area contributed by atoms with Gasteiger partial charge in [0, 0.05) is 27.6 Å². The molecule has 2 aromatic carbocycles. The lowest BCUT2D eigenvalue weighted by molar-refractivity contribution is 0.562. The van der Waals surface area contributed by atoms with Crippen LogP contribution in [0.3, 0.4) is 0 Å². The molecule has 3 heterocycles. The molecule has 4 aromatic rings. The van der Waals surface area contributed by atoms with Gasteiger partial charge < -0.3 is 8.98 Å². The third-order valence-corrected chi connectivity index (χ3v) is 4.87. The molecule has 0 atom stereocenters. The number of hydrogen-bond acceptors (Lipinski definition) is 2. The van der Waals surface area contributed by atoms with Gasteiger partial charge in [0.15, 0.2) is 5.76 Å². The molecule has 3 nitrogen and oxygen atoms in total. The van der Waals surface area contributed by atoms with Gasteiger partial charge in [0.2, 0.25) is 0 Å². The number of aliphatic imine (C=N–C) groups is 1. The Labute approximate surface area is 148 Å². The van der Waals surface area contributed by atoms with Crippen LogP contribution in [0.1, 0.15) is 17.0 Å². The summed E-state index contributed by atoms with van der Waals surface area (Å²) in [4.78, 5) is 4.78. The van der Waals surface area contributed by atoms with Crippen molar-refractivity contribution in [3.63, 3.8) is 0 Å². The zero-order valence-electron chi connectivity index (χ0n) is 13.0. The molecule has 0 saturated carbocycles. The first-order valence-electron chi connectivity index (χ1n) is 7.89. The van der Waals surface area contributed by atoms with Gasteiger partial charge in [-0.1, -0.05) is 17.7 Å². The molecule has 0 fully saturated rings. The fourth-order valence-electron chi connectivity index (χ4n) is 3.35. The minimum atomic E-state index is -0.287. The molecular formula is C20H12ClFN2O. The fraction of sp³-hybridized carbons (Fsp3) is 0.0500. The topological polar surface area (TPSA) is 30.4 Å². The Morgan fingerprint density at radius 1 is 1.12 bits per heavy atom. The van der Waals surface area contributed by atoms with Gasteiger partial charge in [-0.3, -0.25) is 4.99 Å². The van der Waals surface area contributed by atoms with Crippen LogP contribution in [0.5, 0.6) is 0 Å². The Kier molecular flexibility index (Phi) is 3.09. The minimum absolute atomic E-state index is 0.287. The summed E-state index contributed by atoms with van der Waals surface area (Å²) in [5, 5.41) is 2.24. The van der Waals surface area contributed by atoms with E-state index in [1.165, 1.54) is 12.1 Å². The number of benzene rings is 2. The SMILES string of the molecule is Fc1ccc2c(C3=NCc4c(Cl)cccc4-n4cccc43)occ2c1. The number of nitrogens with zero attached hydrogens (tertiary/aromatic N) is 2. The summed E-state index contributed by atoms with van der Waals surface area (Å²) in [5.74, 6) is 0.351. The summed E-state index contributed by atoms with van der Waals surface area (Å²) >= 11 is 6.39. The molecular weight excluding hydrogens is 339 g/mol. The highest BCUT2D eigenvalue weighted by Gasteiger charge is 2.23. The number of fused-ring (bicyclic) bond motifs is 4. The smallest absolute Gasteiger partial charge is 0.161 e. The first kappa shape index (κ1) is 14.5. The number of hydrogen-bond donors (Lipinski definition) is 0. The Balaban J connectivity index is 1.77. The average Bonchev–Trinajstić information content (AvgIpc) is 3.21. The second-order valence-electron chi connectivity index (χ2n) is 5.96. The van der Waals surface area contributed by atoms with Gasteiger partial charge in [0.25, 0.3) is 0 Å². The highest BCUT2D eigenvalue weighted by molar-refractivity contribution is 6.31. The molecule has 0 amide bonds. The fourth-order valence-corrected chi connectivity index (χ4v) is 3.58. The Morgan fingerprint density at radius 2 is 2.04 bits per heavy atom. The minimum Gasteiger partial charge on any atom is -0.461 e. The summed E-state index contributed by atoms with van der Waals surface area (Å²) < 4.78 is 21.3. The zero-order valence-corrected chi connectivity index (χ0v) is 13.8. The number of rotatable bonds is 1. The largest absolute Gasteiger partial charge is 0.461 e. The molecule has 1 aliphatic heterocycles. The molecule has 5 rings (SSSR count). The van der Waals surface area contributed by atoms with Crippen LogP contribution < -0.4 is 0 Å². The van der Waals surface area contributed by atoms with Crippen molar-refractivity contribution in [3.8, 4) is 5.69 Å². The van der Waals surface area contributed by atoms with E-state index in [2.05, 4.69) is 4.57 Å². The standard InChI is InChI=1S/C20H12ClFN2O/c21-16-3-1-4-17-15(16)10-23-19(18-5-2-8-24(17)18)20-14-7-6-13(22)9-12(14)11-25-20/h1-9,11H,10H2. The summed E-state index contributed by atoms with van der Waals surface area (Å²) in [5.41, 5.74) is 3.63. The van der Waals surface area contributed by atoms with Crippen molar-refractivity contribution < 1.29 is 8.81 Å². The predicted octanol–water partition coefficient (Wildman–Crippen LogP) is 5.37. The van der Waals surface area contributed by atoms with E-state index < -0.39 is 0 Å². The zero-order chi connectivity index (χ0) is 17.0. The number of aromatic nitrogens is 1. The van der Waals surface area contributed by atoms with E-state index in [9.17, 15) is 4.39 Å². The normalized spacial score (nSPS) is 13.3. The van der Waals surface area contributed by atoms with E-state index in [4.69, 9.17) is 21.0 Å². The molecule has 122 valence electrons. The van der Waals surface area contributed by atoms with Gasteiger partial charge >= 0.3 is 0 Å². The van der Waals surface area contributed by atoms with Gasteiger partial charge in [0.1, 0.15) is 11.5 Å². The molecule has 0 radical (unpaired) electrons. The number of halogens is 2. The molecule has 0 unspecified atom stereocenters. The van der Waals surface area contributed by atoms with Crippen LogP contribution in [0.2, 0.25) is 5.02 Å². The van der Waals surface area contributed by atoms with Crippen LogP contribution in [0.4, 0.5) is 4.39 Å². The van der Waals surface area contributed by atoms with Gasteiger partial charge in [-0.2, -0.15) is 0 Å². The molecule has 5 heteroatoms. The van der Waals surface area contributed by atoms with Crippen molar-refractivity contribution in [3.05, 3.63) is 88.8 Å².